The van der Waals surface area contributed by atoms with Gasteiger partial charge in [-0.1, -0.05) is 6.42 Å². The predicted molar refractivity (Wildman–Crippen MR) is 59.8 cm³/mol. The Kier molecular flexibility index (Phi) is 2.61. The van der Waals surface area contributed by atoms with Gasteiger partial charge in [-0.2, -0.15) is 0 Å². The molecule has 0 aliphatic heterocycles. The van der Waals surface area contributed by atoms with Crippen molar-refractivity contribution in [2.24, 2.45) is 5.92 Å². The summed E-state index contributed by atoms with van der Waals surface area (Å²) in [6.07, 6.45) is 3.32. The fourth-order valence-electron chi connectivity index (χ4n) is 2.14. The van der Waals surface area contributed by atoms with Crippen LogP contribution >= 0.6 is 0 Å². The zero-order valence-corrected chi connectivity index (χ0v) is 9.49. The largest absolute Gasteiger partial charge is 0.494 e. The van der Waals surface area contributed by atoms with Gasteiger partial charge in [-0.3, -0.25) is 14.3 Å². The van der Waals surface area contributed by atoms with Gasteiger partial charge in [0.15, 0.2) is 0 Å². The van der Waals surface area contributed by atoms with Crippen LogP contribution in [0.4, 0.5) is 0 Å². The first kappa shape index (κ1) is 11.0. The van der Waals surface area contributed by atoms with Crippen molar-refractivity contribution in [3.8, 4) is 5.88 Å². The summed E-state index contributed by atoms with van der Waals surface area (Å²) in [6, 6.07) is -0.0585. The van der Waals surface area contributed by atoms with Gasteiger partial charge in [0.2, 0.25) is 5.88 Å². The Morgan fingerprint density at radius 2 is 2.06 bits per heavy atom. The average Bonchev–Trinajstić information content (AvgIpc) is 2.11. The lowest BCUT2D eigenvalue weighted by molar-refractivity contribution is 0.203. The summed E-state index contributed by atoms with van der Waals surface area (Å²) in [5.41, 5.74) is -0.835. The van der Waals surface area contributed by atoms with Gasteiger partial charge in [0.1, 0.15) is 0 Å². The summed E-state index contributed by atoms with van der Waals surface area (Å²) in [4.78, 5) is 25.1. The fourth-order valence-corrected chi connectivity index (χ4v) is 2.14. The Morgan fingerprint density at radius 3 is 2.56 bits per heavy atom. The molecule has 0 spiro atoms. The van der Waals surface area contributed by atoms with Crippen molar-refractivity contribution in [1.82, 2.24) is 9.55 Å². The zero-order valence-electron chi connectivity index (χ0n) is 9.49. The van der Waals surface area contributed by atoms with Gasteiger partial charge in [0, 0.05) is 6.04 Å². The number of aromatic hydroxyl groups is 1. The first-order valence-electron chi connectivity index (χ1n) is 5.56. The molecule has 1 aliphatic rings. The van der Waals surface area contributed by atoms with E-state index >= 15 is 0 Å². The van der Waals surface area contributed by atoms with Crippen LogP contribution < -0.4 is 11.2 Å². The van der Waals surface area contributed by atoms with Crippen molar-refractivity contribution in [2.75, 3.05) is 0 Å². The molecule has 0 aromatic carbocycles. The van der Waals surface area contributed by atoms with E-state index in [9.17, 15) is 14.7 Å². The standard InChI is InChI=1S/C11H16N2O3/c1-6-9(14)12-11(16)13(10(6)15)7(2)8-4-3-5-8/h7-8,15H,3-5H2,1-2H3,(H,12,14,16). The average molecular weight is 224 g/mol. The SMILES string of the molecule is Cc1c(O)n(C(C)C2CCC2)c(=O)[nH]c1=O. The minimum atomic E-state index is -0.521. The maximum atomic E-state index is 11.6. The molecule has 88 valence electrons. The predicted octanol–water partition coefficient (Wildman–Crippen LogP) is 0.912. The second kappa shape index (κ2) is 3.81. The number of aromatic amines is 1. The third-order valence-electron chi connectivity index (χ3n) is 3.58. The number of nitrogens with one attached hydrogen (secondary N) is 1. The van der Waals surface area contributed by atoms with E-state index in [0.717, 1.165) is 12.8 Å². The van der Waals surface area contributed by atoms with Crippen LogP contribution in [0.3, 0.4) is 0 Å². The van der Waals surface area contributed by atoms with E-state index < -0.39 is 11.2 Å². The molecule has 5 nitrogen and oxygen atoms in total. The van der Waals surface area contributed by atoms with Crippen LogP contribution in [0.2, 0.25) is 0 Å². The number of aromatic nitrogens is 2. The number of rotatable bonds is 2. The molecule has 2 rings (SSSR count). The molecule has 1 saturated carbocycles. The summed E-state index contributed by atoms with van der Waals surface area (Å²) < 4.78 is 1.29. The van der Waals surface area contributed by atoms with E-state index in [1.165, 1.54) is 17.9 Å². The van der Waals surface area contributed by atoms with Crippen molar-refractivity contribution < 1.29 is 5.11 Å². The second-order valence-electron chi connectivity index (χ2n) is 4.51. The molecule has 1 aliphatic carbocycles. The van der Waals surface area contributed by atoms with E-state index in [1.54, 1.807) is 0 Å². The highest BCUT2D eigenvalue weighted by Crippen LogP contribution is 2.36. The van der Waals surface area contributed by atoms with Crippen LogP contribution in [0.25, 0.3) is 0 Å². The van der Waals surface area contributed by atoms with Crippen LogP contribution in [-0.4, -0.2) is 14.7 Å². The smallest absolute Gasteiger partial charge is 0.331 e. The monoisotopic (exact) mass is 224 g/mol. The fraction of sp³-hybridized carbons (Fsp3) is 0.636. The topological polar surface area (TPSA) is 75.1 Å². The van der Waals surface area contributed by atoms with Crippen molar-refractivity contribution >= 4 is 0 Å². The molecule has 2 N–H and O–H groups in total. The minimum Gasteiger partial charge on any atom is -0.494 e. The van der Waals surface area contributed by atoms with Gasteiger partial charge in [0.25, 0.3) is 5.56 Å². The maximum Gasteiger partial charge on any atom is 0.331 e. The van der Waals surface area contributed by atoms with E-state index in [1.807, 2.05) is 6.92 Å². The van der Waals surface area contributed by atoms with Crippen LogP contribution in [0, 0.1) is 12.8 Å². The molecule has 1 unspecified atom stereocenters. The number of nitrogens with zero attached hydrogens (tertiary/aromatic N) is 1. The normalized spacial score (nSPS) is 18.1. The van der Waals surface area contributed by atoms with Gasteiger partial charge in [-0.15, -0.1) is 0 Å². The number of H-pyrrole nitrogens is 1. The molecule has 5 heteroatoms. The molecule has 0 bridgehead atoms. The molecule has 1 aromatic rings. The van der Waals surface area contributed by atoms with Gasteiger partial charge >= 0.3 is 5.69 Å². The summed E-state index contributed by atoms with van der Waals surface area (Å²) >= 11 is 0. The van der Waals surface area contributed by atoms with Crippen molar-refractivity contribution in [2.45, 2.75) is 39.2 Å². The molecular weight excluding hydrogens is 208 g/mol. The molecular formula is C11H16N2O3. The van der Waals surface area contributed by atoms with Gasteiger partial charge < -0.3 is 5.11 Å². The van der Waals surface area contributed by atoms with Crippen LogP contribution in [-0.2, 0) is 0 Å². The summed E-state index contributed by atoms with van der Waals surface area (Å²) in [6.45, 7) is 3.42. The van der Waals surface area contributed by atoms with Gasteiger partial charge in [0.05, 0.1) is 5.56 Å². The second-order valence-corrected chi connectivity index (χ2v) is 4.51. The highest BCUT2D eigenvalue weighted by atomic mass is 16.3. The number of hydrogen-bond donors (Lipinski definition) is 2. The van der Waals surface area contributed by atoms with E-state index in [0.29, 0.717) is 5.92 Å². The van der Waals surface area contributed by atoms with Crippen molar-refractivity contribution in [3.05, 3.63) is 26.4 Å². The Bertz CT molecular complexity index is 511. The van der Waals surface area contributed by atoms with Crippen molar-refractivity contribution in [1.29, 1.82) is 0 Å². The third kappa shape index (κ3) is 1.56. The summed E-state index contributed by atoms with van der Waals surface area (Å²) in [7, 11) is 0. The lowest BCUT2D eigenvalue weighted by Crippen LogP contribution is -2.36. The Balaban J connectivity index is 2.51. The van der Waals surface area contributed by atoms with E-state index in [-0.39, 0.29) is 17.5 Å². The highest BCUT2D eigenvalue weighted by Gasteiger charge is 2.28. The first-order chi connectivity index (χ1) is 7.52. The molecule has 1 atom stereocenters. The summed E-state index contributed by atoms with van der Waals surface area (Å²) in [5.74, 6) is 0.224. The molecule has 0 radical (unpaired) electrons. The van der Waals surface area contributed by atoms with Gasteiger partial charge in [-0.25, -0.2) is 4.79 Å². The molecule has 0 saturated heterocycles. The van der Waals surface area contributed by atoms with E-state index in [2.05, 4.69) is 4.98 Å². The molecule has 0 amide bonds. The lowest BCUT2D eigenvalue weighted by Gasteiger charge is -2.32. The van der Waals surface area contributed by atoms with Gasteiger partial charge in [-0.05, 0) is 32.6 Å². The summed E-state index contributed by atoms with van der Waals surface area (Å²) in [5, 5.41) is 9.84. The first-order valence-corrected chi connectivity index (χ1v) is 5.56. The van der Waals surface area contributed by atoms with Crippen LogP contribution in [0.5, 0.6) is 5.88 Å². The zero-order chi connectivity index (χ0) is 11.9. The molecule has 1 aromatic heterocycles. The Morgan fingerprint density at radius 1 is 1.44 bits per heavy atom. The maximum absolute atomic E-state index is 11.6. The van der Waals surface area contributed by atoms with E-state index in [4.69, 9.17) is 0 Å². The van der Waals surface area contributed by atoms with Crippen LogP contribution in [0.1, 0.15) is 37.8 Å². The minimum absolute atomic E-state index is 0.0585. The third-order valence-corrected chi connectivity index (χ3v) is 3.58. The quantitative estimate of drug-likeness (QED) is 0.784. The molecule has 1 fully saturated rings. The van der Waals surface area contributed by atoms with Crippen LogP contribution in [0.15, 0.2) is 9.59 Å². The van der Waals surface area contributed by atoms with Crippen molar-refractivity contribution in [3.63, 3.8) is 0 Å². The molecule has 16 heavy (non-hydrogen) atoms. The lowest BCUT2D eigenvalue weighted by atomic mass is 9.80. The Hall–Kier alpha value is -1.52. The highest BCUT2D eigenvalue weighted by molar-refractivity contribution is 5.21. The Labute approximate surface area is 92.7 Å². The number of hydrogen-bond acceptors (Lipinski definition) is 3. The molecule has 1 heterocycles.